The molecular weight excluding hydrogens is 202 g/mol. The zero-order chi connectivity index (χ0) is 12.0. The van der Waals surface area contributed by atoms with Crippen molar-refractivity contribution in [2.75, 3.05) is 7.05 Å². The molecule has 3 amide bonds. The summed E-state index contributed by atoms with van der Waals surface area (Å²) in [6, 6.07) is -2.40. The highest BCUT2D eigenvalue weighted by atomic mass is 16.4. The third kappa shape index (κ3) is 4.84. The predicted molar refractivity (Wildman–Crippen MR) is 52.3 cm³/mol. The maximum absolute atomic E-state index is 11.1. The fourth-order valence-electron chi connectivity index (χ4n) is 0.779. The largest absolute Gasteiger partial charge is 0.480 e. The Bertz CT molecular complexity index is 267. The van der Waals surface area contributed by atoms with Gasteiger partial charge in [0.1, 0.15) is 12.1 Å². The van der Waals surface area contributed by atoms with Crippen molar-refractivity contribution in [1.29, 1.82) is 0 Å². The van der Waals surface area contributed by atoms with E-state index in [9.17, 15) is 14.4 Å². The molecule has 7 nitrogen and oxygen atoms in total. The molecule has 7 heteroatoms. The van der Waals surface area contributed by atoms with Gasteiger partial charge < -0.3 is 21.1 Å². The summed E-state index contributed by atoms with van der Waals surface area (Å²) in [6.07, 6.45) is 0. The van der Waals surface area contributed by atoms with Gasteiger partial charge in [0, 0.05) is 7.05 Å². The number of carboxylic acid groups (broad SMARTS) is 1. The molecule has 0 aromatic heterocycles. The molecule has 0 aromatic carbocycles. The lowest BCUT2D eigenvalue weighted by molar-refractivity contribution is -0.138. The number of nitrogens with one attached hydrogen (secondary N) is 3. The van der Waals surface area contributed by atoms with Crippen LogP contribution in [0, 0.1) is 0 Å². The molecule has 0 saturated carbocycles. The quantitative estimate of drug-likeness (QED) is 0.479. The molecule has 0 fully saturated rings. The van der Waals surface area contributed by atoms with Crippen molar-refractivity contribution in [1.82, 2.24) is 16.0 Å². The summed E-state index contributed by atoms with van der Waals surface area (Å²) in [5.41, 5.74) is 0. The van der Waals surface area contributed by atoms with E-state index in [2.05, 4.69) is 16.0 Å². The molecule has 4 N–H and O–H groups in total. The molecule has 1 unspecified atom stereocenters. The minimum Gasteiger partial charge on any atom is -0.480 e. The molecule has 0 aliphatic heterocycles. The highest BCUT2D eigenvalue weighted by molar-refractivity contribution is 5.88. The summed E-state index contributed by atoms with van der Waals surface area (Å²) < 4.78 is 0. The van der Waals surface area contributed by atoms with E-state index in [4.69, 9.17) is 5.11 Å². The van der Waals surface area contributed by atoms with E-state index in [1.54, 1.807) is 0 Å². The SMILES string of the molecule is CNC(=O)C(C)NC(=O)N[C@H](C)C(=O)O. The molecule has 0 rings (SSSR count). The second-order valence-corrected chi connectivity index (χ2v) is 3.01. The third-order valence-corrected chi connectivity index (χ3v) is 1.71. The molecule has 0 saturated heterocycles. The number of aliphatic carboxylic acids is 1. The van der Waals surface area contributed by atoms with Crippen LogP contribution >= 0.6 is 0 Å². The molecule has 0 aliphatic rings. The van der Waals surface area contributed by atoms with Crippen molar-refractivity contribution < 1.29 is 19.5 Å². The third-order valence-electron chi connectivity index (χ3n) is 1.71. The Labute approximate surface area is 87.2 Å². The van der Waals surface area contributed by atoms with Crippen LogP contribution in [0.2, 0.25) is 0 Å². The van der Waals surface area contributed by atoms with E-state index < -0.39 is 24.1 Å². The summed E-state index contributed by atoms with van der Waals surface area (Å²) in [7, 11) is 1.44. The van der Waals surface area contributed by atoms with E-state index in [1.807, 2.05) is 0 Å². The van der Waals surface area contributed by atoms with Gasteiger partial charge in [0.15, 0.2) is 0 Å². The Balaban J connectivity index is 4.04. The zero-order valence-corrected chi connectivity index (χ0v) is 8.83. The van der Waals surface area contributed by atoms with Crippen LogP contribution in [-0.4, -0.2) is 42.1 Å². The van der Waals surface area contributed by atoms with Crippen LogP contribution in [0.1, 0.15) is 13.8 Å². The van der Waals surface area contributed by atoms with E-state index in [1.165, 1.54) is 20.9 Å². The van der Waals surface area contributed by atoms with Gasteiger partial charge in [0.05, 0.1) is 0 Å². The smallest absolute Gasteiger partial charge is 0.325 e. The molecule has 2 atom stereocenters. The van der Waals surface area contributed by atoms with Gasteiger partial charge in [-0.05, 0) is 13.8 Å². The van der Waals surface area contributed by atoms with Crippen LogP contribution in [0.15, 0.2) is 0 Å². The van der Waals surface area contributed by atoms with Crippen LogP contribution < -0.4 is 16.0 Å². The first-order chi connectivity index (χ1) is 6.88. The van der Waals surface area contributed by atoms with Crippen molar-refractivity contribution in [3.05, 3.63) is 0 Å². The van der Waals surface area contributed by atoms with Gasteiger partial charge in [-0.15, -0.1) is 0 Å². The summed E-state index contributed by atoms with van der Waals surface area (Å²) in [4.78, 5) is 32.5. The number of carboxylic acids is 1. The first-order valence-corrected chi connectivity index (χ1v) is 4.40. The second-order valence-electron chi connectivity index (χ2n) is 3.01. The fraction of sp³-hybridized carbons (Fsp3) is 0.625. The molecule has 86 valence electrons. The lowest BCUT2D eigenvalue weighted by Gasteiger charge is -2.14. The normalized spacial score (nSPS) is 13.5. The summed E-state index contributed by atoms with van der Waals surface area (Å²) in [5, 5.41) is 15.3. The standard InChI is InChI=1S/C8H15N3O4/c1-4(6(12)9-3)10-8(15)11-5(2)7(13)14/h4-5H,1-3H3,(H,9,12)(H,13,14)(H2,10,11,15)/t4?,5-/m1/s1. The van der Waals surface area contributed by atoms with Gasteiger partial charge >= 0.3 is 12.0 Å². The molecule has 0 aromatic rings. The fourth-order valence-corrected chi connectivity index (χ4v) is 0.779. The van der Waals surface area contributed by atoms with Gasteiger partial charge in [-0.25, -0.2) is 4.79 Å². The average Bonchev–Trinajstić information content (AvgIpc) is 2.15. The Morgan fingerprint density at radius 2 is 1.53 bits per heavy atom. The van der Waals surface area contributed by atoms with E-state index in [0.29, 0.717) is 0 Å². The average molecular weight is 217 g/mol. The van der Waals surface area contributed by atoms with Crippen LogP contribution in [0.4, 0.5) is 4.79 Å². The topological polar surface area (TPSA) is 108 Å². The molecule has 0 radical (unpaired) electrons. The summed E-state index contributed by atoms with van der Waals surface area (Å²) >= 11 is 0. The zero-order valence-electron chi connectivity index (χ0n) is 8.83. The summed E-state index contributed by atoms with van der Waals surface area (Å²) in [5.74, 6) is -1.49. The molecule has 15 heavy (non-hydrogen) atoms. The molecule has 0 bridgehead atoms. The highest BCUT2D eigenvalue weighted by Gasteiger charge is 2.17. The van der Waals surface area contributed by atoms with E-state index in [-0.39, 0.29) is 5.91 Å². The van der Waals surface area contributed by atoms with Gasteiger partial charge in [-0.3, -0.25) is 9.59 Å². The molecule has 0 spiro atoms. The summed E-state index contributed by atoms with van der Waals surface area (Å²) in [6.45, 7) is 2.82. The lowest BCUT2D eigenvalue weighted by atomic mass is 10.3. The number of hydrogen-bond acceptors (Lipinski definition) is 3. The number of amides is 3. The van der Waals surface area contributed by atoms with Crippen LogP contribution in [0.3, 0.4) is 0 Å². The highest BCUT2D eigenvalue weighted by Crippen LogP contribution is 1.84. The van der Waals surface area contributed by atoms with Crippen LogP contribution in [0.5, 0.6) is 0 Å². The monoisotopic (exact) mass is 217 g/mol. The molecule has 0 heterocycles. The number of likely N-dealkylation sites (N-methyl/N-ethyl adjacent to an activating group) is 1. The first kappa shape index (κ1) is 13.2. The Morgan fingerprint density at radius 3 is 1.93 bits per heavy atom. The number of carbonyl (C=O) groups is 3. The number of rotatable bonds is 4. The van der Waals surface area contributed by atoms with Crippen LogP contribution in [0.25, 0.3) is 0 Å². The lowest BCUT2D eigenvalue weighted by Crippen LogP contribution is -2.51. The number of carbonyl (C=O) groups excluding carboxylic acids is 2. The van der Waals surface area contributed by atoms with Crippen molar-refractivity contribution in [3.63, 3.8) is 0 Å². The molecule has 0 aliphatic carbocycles. The number of hydrogen-bond donors (Lipinski definition) is 4. The van der Waals surface area contributed by atoms with E-state index >= 15 is 0 Å². The van der Waals surface area contributed by atoms with Crippen LogP contribution in [-0.2, 0) is 9.59 Å². The maximum atomic E-state index is 11.1. The minimum atomic E-state index is -1.14. The van der Waals surface area contributed by atoms with Gasteiger partial charge in [0.2, 0.25) is 5.91 Å². The van der Waals surface area contributed by atoms with Gasteiger partial charge in [-0.2, -0.15) is 0 Å². The maximum Gasteiger partial charge on any atom is 0.325 e. The van der Waals surface area contributed by atoms with Gasteiger partial charge in [0.25, 0.3) is 0 Å². The Morgan fingerprint density at radius 1 is 1.07 bits per heavy atom. The first-order valence-electron chi connectivity index (χ1n) is 4.40. The Kier molecular flexibility index (Phi) is 5.14. The predicted octanol–water partition coefficient (Wildman–Crippen LogP) is -1.11. The number of urea groups is 1. The van der Waals surface area contributed by atoms with Crippen molar-refractivity contribution in [2.24, 2.45) is 0 Å². The van der Waals surface area contributed by atoms with Gasteiger partial charge in [-0.1, -0.05) is 0 Å². The molecular formula is C8H15N3O4. The van der Waals surface area contributed by atoms with E-state index in [0.717, 1.165) is 0 Å². The second kappa shape index (κ2) is 5.84. The van der Waals surface area contributed by atoms with Crippen molar-refractivity contribution in [2.45, 2.75) is 25.9 Å². The van der Waals surface area contributed by atoms with Crippen molar-refractivity contribution in [3.8, 4) is 0 Å². The minimum absolute atomic E-state index is 0.354. The Hall–Kier alpha value is -1.79. The van der Waals surface area contributed by atoms with Crippen molar-refractivity contribution >= 4 is 17.9 Å².